The van der Waals surface area contributed by atoms with Crippen molar-refractivity contribution in [1.29, 1.82) is 0 Å². The molecule has 0 spiro atoms. The number of hydrazone groups is 1. The van der Waals surface area contributed by atoms with Crippen LogP contribution in [0, 0.1) is 10.1 Å². The van der Waals surface area contributed by atoms with Crippen LogP contribution in [0.1, 0.15) is 6.92 Å². The molecule has 0 amide bonds. The van der Waals surface area contributed by atoms with Crippen LogP contribution in [-0.4, -0.2) is 20.7 Å². The second-order valence-electron chi connectivity index (χ2n) is 5.30. The van der Waals surface area contributed by atoms with Gasteiger partial charge in [0.1, 0.15) is 10.7 Å². The van der Waals surface area contributed by atoms with Crippen molar-refractivity contribution < 1.29 is 10.0 Å². The molecule has 25 heavy (non-hydrogen) atoms. The third-order valence-electron chi connectivity index (χ3n) is 3.63. The minimum Gasteiger partial charge on any atom is -0.506 e. The number of hydrogen-bond acceptors (Lipinski definition) is 6. The van der Waals surface area contributed by atoms with E-state index < -0.39 is 4.92 Å². The van der Waals surface area contributed by atoms with E-state index in [0.717, 1.165) is 5.69 Å². The van der Waals surface area contributed by atoms with Crippen LogP contribution in [0.4, 0.5) is 17.1 Å². The Labute approximate surface area is 149 Å². The summed E-state index contributed by atoms with van der Waals surface area (Å²) in [6.45, 7) is 1.82. The highest BCUT2D eigenvalue weighted by Crippen LogP contribution is 2.29. The van der Waals surface area contributed by atoms with E-state index in [1.807, 2.05) is 37.3 Å². The summed E-state index contributed by atoms with van der Waals surface area (Å²) in [5.41, 5.74) is 2.31. The maximum absolute atomic E-state index is 10.9. The van der Waals surface area contributed by atoms with E-state index in [4.69, 9.17) is 12.2 Å². The van der Waals surface area contributed by atoms with Gasteiger partial charge in [0.15, 0.2) is 0 Å². The molecule has 0 aromatic heterocycles. The van der Waals surface area contributed by atoms with Gasteiger partial charge < -0.3 is 10.4 Å². The quantitative estimate of drug-likeness (QED) is 0.285. The molecule has 1 heterocycles. The summed E-state index contributed by atoms with van der Waals surface area (Å²) in [6, 6.07) is 13.2. The molecule has 2 aromatic rings. The lowest BCUT2D eigenvalue weighted by Crippen LogP contribution is -2.19. The Kier molecular flexibility index (Phi) is 4.44. The van der Waals surface area contributed by atoms with E-state index in [-0.39, 0.29) is 17.1 Å². The molecule has 3 rings (SSSR count). The lowest BCUT2D eigenvalue weighted by atomic mass is 10.2. The number of para-hydroxylation sites is 1. The van der Waals surface area contributed by atoms with Gasteiger partial charge in [0.05, 0.1) is 27.6 Å². The van der Waals surface area contributed by atoms with Crippen molar-refractivity contribution in [2.45, 2.75) is 6.92 Å². The number of nitro benzene ring substituents is 1. The average molecular weight is 354 g/mol. The summed E-state index contributed by atoms with van der Waals surface area (Å²) in [6.07, 6.45) is 1.59. The first-order valence-corrected chi connectivity index (χ1v) is 7.77. The summed E-state index contributed by atoms with van der Waals surface area (Å²) < 4.78 is 0. The Hall–Kier alpha value is -3.26. The Balaban J connectivity index is 1.86. The van der Waals surface area contributed by atoms with E-state index in [1.54, 1.807) is 11.2 Å². The minimum absolute atomic E-state index is 0.0964. The molecule has 0 atom stereocenters. The number of phenols is 1. The van der Waals surface area contributed by atoms with Crippen LogP contribution in [0.25, 0.3) is 0 Å². The van der Waals surface area contributed by atoms with Gasteiger partial charge in [0.25, 0.3) is 5.69 Å². The summed E-state index contributed by atoms with van der Waals surface area (Å²) >= 11 is 5.47. The van der Waals surface area contributed by atoms with Crippen LogP contribution in [0.2, 0.25) is 0 Å². The first-order chi connectivity index (χ1) is 12.0. The van der Waals surface area contributed by atoms with Crippen molar-refractivity contribution in [3.8, 4) is 5.75 Å². The smallest absolute Gasteiger partial charge is 0.271 e. The van der Waals surface area contributed by atoms with E-state index in [1.165, 1.54) is 18.2 Å². The minimum atomic E-state index is -0.526. The molecular weight excluding hydrogens is 340 g/mol. The highest BCUT2D eigenvalue weighted by atomic mass is 32.1. The summed E-state index contributed by atoms with van der Waals surface area (Å²) in [4.78, 5) is 10.8. The molecule has 0 radical (unpaired) electrons. The lowest BCUT2D eigenvalue weighted by Gasteiger charge is -2.14. The van der Waals surface area contributed by atoms with Crippen LogP contribution < -0.4 is 10.3 Å². The molecular formula is C17H14N4O3S. The number of anilines is 2. The second-order valence-corrected chi connectivity index (χ2v) is 5.69. The number of nitrogens with one attached hydrogen (secondary N) is 1. The normalized spacial score (nSPS) is 15.4. The van der Waals surface area contributed by atoms with Gasteiger partial charge in [-0.1, -0.05) is 30.4 Å². The lowest BCUT2D eigenvalue weighted by molar-refractivity contribution is -0.384. The maximum atomic E-state index is 10.9. The van der Waals surface area contributed by atoms with Crippen molar-refractivity contribution in [2.24, 2.45) is 5.10 Å². The Morgan fingerprint density at radius 2 is 2.00 bits per heavy atom. The van der Waals surface area contributed by atoms with Crippen molar-refractivity contribution in [2.75, 3.05) is 10.3 Å². The predicted octanol–water partition coefficient (Wildman–Crippen LogP) is 3.82. The molecule has 2 aromatic carbocycles. The van der Waals surface area contributed by atoms with Gasteiger partial charge in [0, 0.05) is 18.3 Å². The molecule has 126 valence electrons. The van der Waals surface area contributed by atoms with Crippen LogP contribution in [-0.2, 0) is 0 Å². The monoisotopic (exact) mass is 354 g/mol. The molecule has 0 unspecified atom stereocenters. The van der Waals surface area contributed by atoms with Gasteiger partial charge >= 0.3 is 0 Å². The summed E-state index contributed by atoms with van der Waals surface area (Å²) in [7, 11) is 0. The predicted molar refractivity (Wildman–Crippen MR) is 101 cm³/mol. The van der Waals surface area contributed by atoms with Crippen LogP contribution in [0.5, 0.6) is 5.75 Å². The molecule has 0 saturated carbocycles. The zero-order chi connectivity index (χ0) is 18.0. The Morgan fingerprint density at radius 3 is 2.68 bits per heavy atom. The Bertz CT molecular complexity index is 909. The highest BCUT2D eigenvalue weighted by Gasteiger charge is 2.25. The van der Waals surface area contributed by atoms with E-state index in [0.29, 0.717) is 16.3 Å². The number of nitro groups is 1. The fourth-order valence-electron chi connectivity index (χ4n) is 2.33. The van der Waals surface area contributed by atoms with Gasteiger partial charge in [-0.05, 0) is 25.1 Å². The first kappa shape index (κ1) is 16.6. The second kappa shape index (κ2) is 6.70. The van der Waals surface area contributed by atoms with Gasteiger partial charge in [-0.3, -0.25) is 10.1 Å². The number of hydrogen-bond donors (Lipinski definition) is 2. The topological polar surface area (TPSA) is 91.0 Å². The van der Waals surface area contributed by atoms with Crippen molar-refractivity contribution in [3.63, 3.8) is 0 Å². The number of thiocarbonyl (C=S) groups is 1. The largest absolute Gasteiger partial charge is 0.506 e. The number of non-ortho nitro benzene ring substituents is 1. The number of benzene rings is 2. The van der Waals surface area contributed by atoms with Gasteiger partial charge in [-0.2, -0.15) is 5.10 Å². The number of phenolic OH excluding ortho intramolecular Hbond substituents is 1. The molecule has 1 aliphatic rings. The third kappa shape index (κ3) is 3.33. The first-order valence-electron chi connectivity index (χ1n) is 7.36. The average Bonchev–Trinajstić information content (AvgIpc) is 2.89. The SMILES string of the molecule is CC1=NN(c2ccccc2)C(=S)C1=CNc1cc([N+](=O)[O-])ccc1O. The summed E-state index contributed by atoms with van der Waals surface area (Å²) in [5, 5.41) is 29.7. The van der Waals surface area contributed by atoms with E-state index in [2.05, 4.69) is 10.4 Å². The molecule has 1 aliphatic heterocycles. The molecule has 7 nitrogen and oxygen atoms in total. The van der Waals surface area contributed by atoms with Crippen LogP contribution in [0.15, 0.2) is 65.4 Å². The number of nitrogens with zero attached hydrogens (tertiary/aromatic N) is 3. The van der Waals surface area contributed by atoms with Crippen LogP contribution in [0.3, 0.4) is 0 Å². The van der Waals surface area contributed by atoms with E-state index >= 15 is 0 Å². The zero-order valence-electron chi connectivity index (χ0n) is 13.2. The van der Waals surface area contributed by atoms with Crippen LogP contribution >= 0.6 is 12.2 Å². The van der Waals surface area contributed by atoms with Crippen molar-refractivity contribution in [1.82, 2.24) is 0 Å². The van der Waals surface area contributed by atoms with Gasteiger partial charge in [0.2, 0.25) is 0 Å². The zero-order valence-corrected chi connectivity index (χ0v) is 14.0. The molecule has 8 heteroatoms. The molecule has 0 fully saturated rings. The molecule has 0 saturated heterocycles. The summed E-state index contributed by atoms with van der Waals surface area (Å²) in [5.74, 6) is -0.0964. The van der Waals surface area contributed by atoms with Crippen molar-refractivity contribution >= 4 is 40.0 Å². The molecule has 0 aliphatic carbocycles. The standard InChI is InChI=1S/C17H14N4O3S/c1-11-14(17(25)20(19-11)12-5-3-2-4-6-12)10-18-15-9-13(21(23)24)7-8-16(15)22/h2-10,18,22H,1H3. The molecule has 2 N–H and O–H groups in total. The highest BCUT2D eigenvalue weighted by molar-refractivity contribution is 7.81. The molecule has 0 bridgehead atoms. The van der Waals surface area contributed by atoms with Crippen molar-refractivity contribution in [3.05, 3.63) is 70.4 Å². The number of aromatic hydroxyl groups is 1. The number of rotatable bonds is 4. The fraction of sp³-hybridized carbons (Fsp3) is 0.0588. The maximum Gasteiger partial charge on any atom is 0.271 e. The Morgan fingerprint density at radius 1 is 1.28 bits per heavy atom. The van der Waals surface area contributed by atoms with E-state index in [9.17, 15) is 15.2 Å². The van der Waals surface area contributed by atoms with Gasteiger partial charge in [-0.25, -0.2) is 5.01 Å². The fourth-order valence-corrected chi connectivity index (χ4v) is 2.68. The third-order valence-corrected chi connectivity index (χ3v) is 4.02. The van der Waals surface area contributed by atoms with Gasteiger partial charge in [-0.15, -0.1) is 0 Å².